The third-order valence-electron chi connectivity index (χ3n) is 2.90. The quantitative estimate of drug-likeness (QED) is 0.921. The second-order valence-corrected chi connectivity index (χ2v) is 5.34. The third kappa shape index (κ3) is 2.61. The van der Waals surface area contributed by atoms with Crippen LogP contribution < -0.4 is 10.2 Å². The van der Waals surface area contributed by atoms with Crippen molar-refractivity contribution in [2.45, 2.75) is 27.3 Å². The standard InChI is InChI=1S/C13H17N3OS/c1-4-14-12-6-5-11(7-15-12)8-16-9(2)10(3)18-13(16)17/h5-7H,4,8H2,1-3H3,(H,14,15). The van der Waals surface area contributed by atoms with Gasteiger partial charge >= 0.3 is 4.87 Å². The van der Waals surface area contributed by atoms with E-state index in [1.165, 1.54) is 11.3 Å². The zero-order chi connectivity index (χ0) is 13.1. The highest BCUT2D eigenvalue weighted by Gasteiger charge is 2.07. The van der Waals surface area contributed by atoms with Gasteiger partial charge in [-0.2, -0.15) is 0 Å². The van der Waals surface area contributed by atoms with E-state index >= 15 is 0 Å². The van der Waals surface area contributed by atoms with Crippen LogP contribution in [0.4, 0.5) is 5.82 Å². The molecule has 96 valence electrons. The van der Waals surface area contributed by atoms with Crippen LogP contribution in [0.1, 0.15) is 23.1 Å². The van der Waals surface area contributed by atoms with E-state index in [9.17, 15) is 4.79 Å². The van der Waals surface area contributed by atoms with Crippen LogP contribution in [0.3, 0.4) is 0 Å². The average molecular weight is 263 g/mol. The molecule has 0 aromatic carbocycles. The summed E-state index contributed by atoms with van der Waals surface area (Å²) in [5.41, 5.74) is 2.08. The number of hydrogen-bond donors (Lipinski definition) is 1. The van der Waals surface area contributed by atoms with Crippen molar-refractivity contribution < 1.29 is 0 Å². The summed E-state index contributed by atoms with van der Waals surface area (Å²) in [7, 11) is 0. The van der Waals surface area contributed by atoms with Gasteiger partial charge in [0.05, 0.1) is 6.54 Å². The number of thiazole rings is 1. The molecule has 2 aromatic heterocycles. The Morgan fingerprint density at radius 3 is 2.67 bits per heavy atom. The first kappa shape index (κ1) is 12.8. The highest BCUT2D eigenvalue weighted by atomic mass is 32.1. The molecule has 0 saturated heterocycles. The molecule has 0 aliphatic rings. The highest BCUT2D eigenvalue weighted by molar-refractivity contribution is 7.09. The maximum Gasteiger partial charge on any atom is 0.307 e. The van der Waals surface area contributed by atoms with Crippen molar-refractivity contribution >= 4 is 17.2 Å². The molecule has 0 saturated carbocycles. The summed E-state index contributed by atoms with van der Waals surface area (Å²) in [4.78, 5) is 17.3. The molecule has 0 fully saturated rings. The van der Waals surface area contributed by atoms with Gasteiger partial charge < -0.3 is 5.32 Å². The molecular formula is C13H17N3OS. The first-order valence-corrected chi connectivity index (χ1v) is 6.79. The van der Waals surface area contributed by atoms with Crippen LogP contribution >= 0.6 is 11.3 Å². The smallest absolute Gasteiger partial charge is 0.307 e. The van der Waals surface area contributed by atoms with Crippen molar-refractivity contribution in [3.05, 3.63) is 44.1 Å². The molecule has 4 nitrogen and oxygen atoms in total. The van der Waals surface area contributed by atoms with Gasteiger partial charge in [0.15, 0.2) is 0 Å². The van der Waals surface area contributed by atoms with Crippen LogP contribution in [0, 0.1) is 13.8 Å². The summed E-state index contributed by atoms with van der Waals surface area (Å²) in [6.07, 6.45) is 1.82. The van der Waals surface area contributed by atoms with Gasteiger partial charge in [0.1, 0.15) is 5.82 Å². The van der Waals surface area contributed by atoms with Crippen LogP contribution in [0.15, 0.2) is 23.1 Å². The minimum atomic E-state index is 0.0979. The molecule has 0 amide bonds. The largest absolute Gasteiger partial charge is 0.370 e. The number of nitrogens with zero attached hydrogens (tertiary/aromatic N) is 2. The summed E-state index contributed by atoms with van der Waals surface area (Å²) in [6.45, 7) is 7.44. The van der Waals surface area contributed by atoms with Gasteiger partial charge in [-0.25, -0.2) is 4.98 Å². The molecule has 5 heteroatoms. The first-order valence-electron chi connectivity index (χ1n) is 5.97. The highest BCUT2D eigenvalue weighted by Crippen LogP contribution is 2.12. The minimum Gasteiger partial charge on any atom is -0.370 e. The lowest BCUT2D eigenvalue weighted by atomic mass is 10.2. The Hall–Kier alpha value is -1.62. The van der Waals surface area contributed by atoms with E-state index in [4.69, 9.17) is 0 Å². The molecule has 0 atom stereocenters. The Balaban J connectivity index is 2.21. The van der Waals surface area contributed by atoms with Crippen molar-refractivity contribution in [1.29, 1.82) is 0 Å². The summed E-state index contributed by atoms with van der Waals surface area (Å²) < 4.78 is 1.80. The Bertz CT molecular complexity index is 583. The fraction of sp³-hybridized carbons (Fsp3) is 0.385. The molecule has 2 rings (SSSR count). The maximum atomic E-state index is 11.8. The Labute approximate surface area is 110 Å². The number of nitrogens with one attached hydrogen (secondary N) is 1. The van der Waals surface area contributed by atoms with Crippen LogP contribution in [0.2, 0.25) is 0 Å². The second kappa shape index (κ2) is 5.35. The average Bonchev–Trinajstić information content (AvgIpc) is 2.59. The molecule has 0 unspecified atom stereocenters. The summed E-state index contributed by atoms with van der Waals surface area (Å²) in [6, 6.07) is 3.95. The number of aryl methyl sites for hydroxylation is 1. The number of aromatic nitrogens is 2. The molecule has 0 aliphatic heterocycles. The Kier molecular flexibility index (Phi) is 3.81. The number of anilines is 1. The molecule has 0 aliphatic carbocycles. The number of rotatable bonds is 4. The SMILES string of the molecule is CCNc1ccc(Cn2c(C)c(C)sc2=O)cn1. The third-order valence-corrected chi connectivity index (χ3v) is 3.90. The van der Waals surface area contributed by atoms with Gasteiger partial charge in [-0.05, 0) is 32.4 Å². The van der Waals surface area contributed by atoms with Crippen molar-refractivity contribution in [2.75, 3.05) is 11.9 Å². The lowest BCUT2D eigenvalue weighted by molar-refractivity contribution is 0.748. The van der Waals surface area contributed by atoms with E-state index in [0.717, 1.165) is 28.5 Å². The van der Waals surface area contributed by atoms with E-state index < -0.39 is 0 Å². The van der Waals surface area contributed by atoms with E-state index in [2.05, 4.69) is 10.3 Å². The summed E-state index contributed by atoms with van der Waals surface area (Å²) >= 11 is 1.30. The molecule has 2 heterocycles. The van der Waals surface area contributed by atoms with E-state index in [1.54, 1.807) is 4.57 Å². The fourth-order valence-electron chi connectivity index (χ4n) is 1.76. The zero-order valence-electron chi connectivity index (χ0n) is 10.9. The van der Waals surface area contributed by atoms with Gasteiger partial charge in [-0.1, -0.05) is 17.4 Å². The van der Waals surface area contributed by atoms with Gasteiger partial charge in [-0.15, -0.1) is 0 Å². The molecule has 0 radical (unpaired) electrons. The molecule has 0 spiro atoms. The predicted octanol–water partition coefficient (Wildman–Crippen LogP) is 2.40. The normalized spacial score (nSPS) is 10.6. The topological polar surface area (TPSA) is 46.9 Å². The fourth-order valence-corrected chi connectivity index (χ4v) is 2.59. The van der Waals surface area contributed by atoms with Crippen LogP contribution in [-0.4, -0.2) is 16.1 Å². The summed E-state index contributed by atoms with van der Waals surface area (Å²) in [5.74, 6) is 0.867. The molecule has 0 bridgehead atoms. The zero-order valence-corrected chi connectivity index (χ0v) is 11.7. The molecule has 18 heavy (non-hydrogen) atoms. The molecule has 2 aromatic rings. The second-order valence-electron chi connectivity index (χ2n) is 4.18. The van der Waals surface area contributed by atoms with Gasteiger partial charge in [0, 0.05) is 23.3 Å². The lowest BCUT2D eigenvalue weighted by Crippen LogP contribution is -2.15. The first-order chi connectivity index (χ1) is 8.61. The van der Waals surface area contributed by atoms with Crippen LogP contribution in [0.25, 0.3) is 0 Å². The van der Waals surface area contributed by atoms with E-state index in [1.807, 2.05) is 39.1 Å². The van der Waals surface area contributed by atoms with Crippen LogP contribution in [0.5, 0.6) is 0 Å². The monoisotopic (exact) mass is 263 g/mol. The van der Waals surface area contributed by atoms with E-state index in [0.29, 0.717) is 6.54 Å². The maximum absolute atomic E-state index is 11.8. The Morgan fingerprint density at radius 2 is 2.17 bits per heavy atom. The molecule has 1 N–H and O–H groups in total. The van der Waals surface area contributed by atoms with Gasteiger partial charge in [-0.3, -0.25) is 9.36 Å². The summed E-state index contributed by atoms with van der Waals surface area (Å²) in [5, 5.41) is 3.15. The van der Waals surface area contributed by atoms with Crippen molar-refractivity contribution in [3.8, 4) is 0 Å². The van der Waals surface area contributed by atoms with Gasteiger partial charge in [0.2, 0.25) is 0 Å². The Morgan fingerprint density at radius 1 is 1.39 bits per heavy atom. The number of hydrogen-bond acceptors (Lipinski definition) is 4. The molecular weight excluding hydrogens is 246 g/mol. The van der Waals surface area contributed by atoms with Gasteiger partial charge in [0.25, 0.3) is 0 Å². The van der Waals surface area contributed by atoms with Crippen molar-refractivity contribution in [2.24, 2.45) is 0 Å². The van der Waals surface area contributed by atoms with Crippen molar-refractivity contribution in [3.63, 3.8) is 0 Å². The minimum absolute atomic E-state index is 0.0979. The van der Waals surface area contributed by atoms with E-state index in [-0.39, 0.29) is 4.87 Å². The van der Waals surface area contributed by atoms with Crippen LogP contribution in [-0.2, 0) is 6.54 Å². The van der Waals surface area contributed by atoms with Crippen molar-refractivity contribution in [1.82, 2.24) is 9.55 Å². The lowest BCUT2D eigenvalue weighted by Gasteiger charge is -2.06. The number of pyridine rings is 1. The predicted molar refractivity (Wildman–Crippen MR) is 75.6 cm³/mol.